The molecule has 2 amide bonds. The summed E-state index contributed by atoms with van der Waals surface area (Å²) in [6, 6.07) is 21.4. The van der Waals surface area contributed by atoms with Crippen molar-refractivity contribution in [1.82, 2.24) is 19.9 Å². The van der Waals surface area contributed by atoms with Crippen LogP contribution >= 0.6 is 11.6 Å². The van der Waals surface area contributed by atoms with Crippen molar-refractivity contribution in [1.29, 1.82) is 0 Å². The van der Waals surface area contributed by atoms with E-state index in [4.69, 9.17) is 35.3 Å². The topological polar surface area (TPSA) is 126 Å². The van der Waals surface area contributed by atoms with Gasteiger partial charge < -0.3 is 33.9 Å². The molecule has 1 atom stereocenters. The highest BCUT2D eigenvalue weighted by Crippen LogP contribution is 2.42. The number of carbonyl (C=O) groups excluding carboxylic acids is 2. The molecule has 0 bridgehead atoms. The van der Waals surface area contributed by atoms with Gasteiger partial charge in [0.05, 0.1) is 46.8 Å². The molecular weight excluding hydrogens is 626 g/mol. The Labute approximate surface area is 276 Å². The van der Waals surface area contributed by atoms with E-state index in [-0.39, 0.29) is 13.1 Å². The molecule has 1 N–H and O–H groups in total. The quantitative estimate of drug-likeness (QED) is 0.173. The highest BCUT2D eigenvalue weighted by Gasteiger charge is 2.34. The number of aromatic nitrogens is 3. The number of hydrogen-bond acceptors (Lipinski definition) is 9. The van der Waals surface area contributed by atoms with E-state index in [9.17, 15) is 9.59 Å². The van der Waals surface area contributed by atoms with Crippen LogP contribution in [0, 0.1) is 0 Å². The number of carbonyl (C=O) groups is 2. The van der Waals surface area contributed by atoms with Crippen LogP contribution in [0.5, 0.6) is 28.7 Å². The maximum Gasteiger partial charge on any atom is 0.251 e. The molecule has 13 heteroatoms. The van der Waals surface area contributed by atoms with E-state index in [1.165, 1.54) is 45.1 Å². The molecule has 244 valence electrons. The Hall–Kier alpha value is -5.49. The number of amides is 2. The fraction of sp³-hybridized carbons (Fsp3) is 0.235. The van der Waals surface area contributed by atoms with Gasteiger partial charge in [-0.3, -0.25) is 9.59 Å². The predicted octanol–water partition coefficient (Wildman–Crippen LogP) is 5.54. The summed E-state index contributed by atoms with van der Waals surface area (Å²) in [5.74, 6) is 0.913. The van der Waals surface area contributed by atoms with Crippen LogP contribution in [-0.4, -0.2) is 67.3 Å². The lowest BCUT2D eigenvalue weighted by atomic mass is 10.0. The van der Waals surface area contributed by atoms with Gasteiger partial charge in [-0.2, -0.15) is 0 Å². The van der Waals surface area contributed by atoms with Crippen molar-refractivity contribution in [2.24, 2.45) is 0 Å². The van der Waals surface area contributed by atoms with Crippen LogP contribution in [0.1, 0.15) is 17.2 Å². The summed E-state index contributed by atoms with van der Waals surface area (Å²) in [5, 5.41) is 11.9. The first kappa shape index (κ1) is 32.9. The third kappa shape index (κ3) is 7.17. The summed E-state index contributed by atoms with van der Waals surface area (Å²) in [4.78, 5) is 30.4. The van der Waals surface area contributed by atoms with Crippen molar-refractivity contribution in [3.63, 3.8) is 0 Å². The van der Waals surface area contributed by atoms with E-state index in [0.29, 0.717) is 56.1 Å². The number of hydrogen-bond donors (Lipinski definition) is 1. The highest BCUT2D eigenvalue weighted by atomic mass is 35.5. The summed E-state index contributed by atoms with van der Waals surface area (Å²) in [6.07, 6.45) is 0. The lowest BCUT2D eigenvalue weighted by Gasteiger charge is -2.32. The molecule has 0 aliphatic heterocycles. The van der Waals surface area contributed by atoms with Gasteiger partial charge in [0.25, 0.3) is 5.91 Å². The van der Waals surface area contributed by atoms with Crippen molar-refractivity contribution in [3.8, 4) is 28.7 Å². The van der Waals surface area contributed by atoms with Crippen molar-refractivity contribution >= 4 is 40.1 Å². The molecule has 0 aliphatic carbocycles. The number of benzene rings is 4. The number of rotatable bonds is 13. The van der Waals surface area contributed by atoms with Gasteiger partial charge in [-0.25, -0.2) is 4.68 Å². The number of nitrogens with one attached hydrogen (secondary N) is 1. The predicted molar refractivity (Wildman–Crippen MR) is 177 cm³/mol. The Morgan fingerprint density at radius 3 is 2.15 bits per heavy atom. The second-order valence-electron chi connectivity index (χ2n) is 10.3. The number of halogens is 1. The van der Waals surface area contributed by atoms with Crippen molar-refractivity contribution < 1.29 is 33.3 Å². The third-order valence-corrected chi connectivity index (χ3v) is 7.77. The van der Waals surface area contributed by atoms with Gasteiger partial charge in [-0.15, -0.1) is 5.10 Å². The Balaban J connectivity index is 1.65. The molecule has 1 heterocycles. The number of nitrogens with zero attached hydrogens (tertiary/aromatic N) is 4. The number of anilines is 1. The van der Waals surface area contributed by atoms with Crippen molar-refractivity contribution in [2.75, 3.05) is 40.9 Å². The van der Waals surface area contributed by atoms with Crippen LogP contribution in [0.25, 0.3) is 11.0 Å². The minimum atomic E-state index is -1.21. The first-order chi connectivity index (χ1) is 22.8. The molecule has 0 spiro atoms. The molecule has 5 aromatic rings. The summed E-state index contributed by atoms with van der Waals surface area (Å²) in [6.45, 7) is -0.161. The normalized spacial score (nSPS) is 11.4. The smallest absolute Gasteiger partial charge is 0.251 e. The van der Waals surface area contributed by atoms with Gasteiger partial charge in [-0.1, -0.05) is 41.1 Å². The van der Waals surface area contributed by atoms with Crippen LogP contribution < -0.4 is 29.0 Å². The minimum absolute atomic E-state index is 0.0388. The van der Waals surface area contributed by atoms with Gasteiger partial charge >= 0.3 is 0 Å². The maximum absolute atomic E-state index is 14.5. The number of fused-ring (bicyclic) bond motifs is 1. The third-order valence-electron chi connectivity index (χ3n) is 7.52. The molecule has 0 saturated carbocycles. The summed E-state index contributed by atoms with van der Waals surface area (Å²) >= 11 is 6.18. The lowest BCUT2D eigenvalue weighted by Crippen LogP contribution is -2.42. The zero-order valence-electron chi connectivity index (χ0n) is 26.5. The fourth-order valence-corrected chi connectivity index (χ4v) is 5.32. The Bertz CT molecular complexity index is 1850. The van der Waals surface area contributed by atoms with Crippen LogP contribution in [-0.2, 0) is 22.7 Å². The van der Waals surface area contributed by atoms with E-state index in [1.54, 1.807) is 54.6 Å². The van der Waals surface area contributed by atoms with Crippen LogP contribution in [0.15, 0.2) is 78.9 Å². The minimum Gasteiger partial charge on any atom is -0.497 e. The molecular formula is C34H34ClN5O7. The monoisotopic (exact) mass is 659 g/mol. The van der Waals surface area contributed by atoms with Crippen molar-refractivity contribution in [3.05, 3.63) is 95.0 Å². The molecule has 0 aliphatic rings. The SMILES string of the molecule is COc1ccc(NC(=O)C(c2cc(OC)c(OC)c(OC)c2)N(Cc2ccc(Cl)cc2)C(=O)Cn2nnc3ccccc32)c(OC)c1. The van der Waals surface area contributed by atoms with Gasteiger partial charge in [-0.05, 0) is 59.7 Å². The van der Waals surface area contributed by atoms with Gasteiger partial charge in [0.1, 0.15) is 29.6 Å². The van der Waals surface area contributed by atoms with Crippen molar-refractivity contribution in [2.45, 2.75) is 19.1 Å². The molecule has 5 rings (SSSR count). The summed E-state index contributed by atoms with van der Waals surface area (Å²) < 4.78 is 29.2. The Morgan fingerprint density at radius 1 is 0.830 bits per heavy atom. The number of para-hydroxylation sites is 1. The van der Waals surface area contributed by atoms with Crippen LogP contribution in [0.4, 0.5) is 5.69 Å². The zero-order valence-corrected chi connectivity index (χ0v) is 27.3. The second kappa shape index (κ2) is 14.7. The lowest BCUT2D eigenvalue weighted by molar-refractivity contribution is -0.140. The molecule has 0 radical (unpaired) electrons. The molecule has 47 heavy (non-hydrogen) atoms. The first-order valence-corrected chi connectivity index (χ1v) is 14.8. The first-order valence-electron chi connectivity index (χ1n) is 14.4. The van der Waals surface area contributed by atoms with E-state index in [1.807, 2.05) is 24.3 Å². The number of methoxy groups -OCH3 is 5. The molecule has 0 fully saturated rings. The van der Waals surface area contributed by atoms with Crippen LogP contribution in [0.3, 0.4) is 0 Å². The fourth-order valence-electron chi connectivity index (χ4n) is 5.20. The average Bonchev–Trinajstić information content (AvgIpc) is 3.50. The highest BCUT2D eigenvalue weighted by molar-refractivity contribution is 6.30. The Kier molecular flexibility index (Phi) is 10.3. The standard InChI is InChI=1S/C34H34ClN5O7/c1-43-24-14-15-26(28(18-24)44-2)36-34(42)32(22-16-29(45-3)33(47-5)30(17-22)46-4)39(19-21-10-12-23(35)13-11-21)31(41)20-40-27-9-7-6-8-25(27)37-38-40/h6-18,32H,19-20H2,1-5H3,(H,36,42). The molecule has 12 nitrogen and oxygen atoms in total. The number of ether oxygens (including phenoxy) is 5. The van der Waals surface area contributed by atoms with E-state index < -0.39 is 17.9 Å². The van der Waals surface area contributed by atoms with Crippen LogP contribution in [0.2, 0.25) is 5.02 Å². The van der Waals surface area contributed by atoms with Gasteiger partial charge in [0, 0.05) is 17.6 Å². The zero-order chi connectivity index (χ0) is 33.5. The van der Waals surface area contributed by atoms with Gasteiger partial charge in [0.15, 0.2) is 11.5 Å². The molecule has 4 aromatic carbocycles. The maximum atomic E-state index is 14.5. The summed E-state index contributed by atoms with van der Waals surface area (Å²) in [5.41, 5.74) is 2.81. The van der Waals surface area contributed by atoms with E-state index in [0.717, 1.165) is 5.56 Å². The van der Waals surface area contributed by atoms with Gasteiger partial charge in [0.2, 0.25) is 11.7 Å². The molecule has 1 unspecified atom stereocenters. The average molecular weight is 660 g/mol. The second-order valence-corrected chi connectivity index (χ2v) is 10.7. The molecule has 1 aromatic heterocycles. The van der Waals surface area contributed by atoms with E-state index >= 15 is 0 Å². The largest absolute Gasteiger partial charge is 0.497 e. The van der Waals surface area contributed by atoms with E-state index in [2.05, 4.69) is 15.6 Å². The Morgan fingerprint density at radius 2 is 1.51 bits per heavy atom. The molecule has 0 saturated heterocycles. The summed E-state index contributed by atoms with van der Waals surface area (Å²) in [7, 11) is 7.46.